The molecule has 0 aliphatic heterocycles. The van der Waals surface area contributed by atoms with Gasteiger partial charge in [0, 0.05) is 18.5 Å². The molecule has 0 aliphatic carbocycles. The number of alkyl halides is 3. The van der Waals surface area contributed by atoms with Crippen molar-refractivity contribution in [3.8, 4) is 5.75 Å². The van der Waals surface area contributed by atoms with Crippen LogP contribution in [0.5, 0.6) is 5.75 Å². The van der Waals surface area contributed by atoms with Crippen LogP contribution in [-0.2, 0) is 17.4 Å². The number of carbonyl (C=O) groups is 1. The molecular weight excluding hydrogens is 299 g/mol. The number of rotatable bonds is 6. The maximum Gasteiger partial charge on any atom is 0.433 e. The zero-order chi connectivity index (χ0) is 16.8. The first-order valence-corrected chi connectivity index (χ1v) is 6.63. The number of nitrogens with two attached hydrogens (primary N) is 1. The Kier molecular flexibility index (Phi) is 6.36. The van der Waals surface area contributed by atoms with Crippen LogP contribution in [0.2, 0.25) is 0 Å². The van der Waals surface area contributed by atoms with E-state index in [2.05, 4.69) is 10.3 Å². The monoisotopic (exact) mass is 317 g/mol. The van der Waals surface area contributed by atoms with Crippen molar-refractivity contribution >= 4 is 11.7 Å². The number of pyridine rings is 1. The molecule has 122 valence electrons. The molecule has 3 N–H and O–H groups in total. The lowest BCUT2D eigenvalue weighted by Crippen LogP contribution is -2.16. The van der Waals surface area contributed by atoms with Crippen molar-refractivity contribution < 1.29 is 22.7 Å². The van der Waals surface area contributed by atoms with Crippen LogP contribution in [-0.4, -0.2) is 24.5 Å². The largest absolute Gasteiger partial charge is 0.493 e. The van der Waals surface area contributed by atoms with Crippen LogP contribution >= 0.6 is 0 Å². The number of nitrogens with one attached hydrogen (secondary N) is 1. The average Bonchev–Trinajstić information content (AvgIpc) is 2.46. The molecule has 0 aliphatic rings. The average molecular weight is 317 g/mol. The molecule has 0 spiro atoms. The van der Waals surface area contributed by atoms with Gasteiger partial charge < -0.3 is 15.8 Å². The molecule has 0 aromatic carbocycles. The number of nitrogens with zero attached hydrogens (tertiary/aromatic N) is 1. The number of halogens is 3. The highest BCUT2D eigenvalue weighted by atomic mass is 19.4. The van der Waals surface area contributed by atoms with Crippen LogP contribution in [0.3, 0.4) is 0 Å². The van der Waals surface area contributed by atoms with E-state index in [0.717, 1.165) is 6.07 Å². The summed E-state index contributed by atoms with van der Waals surface area (Å²) < 4.78 is 43.9. The standard InChI is InChI=1S/C14H18F3N3O2/c1-3-11(21)20-13-12(22-2)9(6-4-5-7-18)8-10(19-13)14(15,16)17/h4-5,8H,3,6-7,18H2,1-2H3,(H,19,20,21)/b5-4+. The van der Waals surface area contributed by atoms with Crippen LogP contribution in [0.1, 0.15) is 24.6 Å². The Labute approximate surface area is 126 Å². The first kappa shape index (κ1) is 18.0. The highest BCUT2D eigenvalue weighted by molar-refractivity contribution is 5.91. The second kappa shape index (κ2) is 7.79. The second-order valence-corrected chi connectivity index (χ2v) is 4.36. The molecule has 0 radical (unpaired) electrons. The summed E-state index contributed by atoms with van der Waals surface area (Å²) in [7, 11) is 1.31. The highest BCUT2D eigenvalue weighted by Gasteiger charge is 2.34. The molecule has 1 heterocycles. The number of anilines is 1. The predicted octanol–water partition coefficient (Wildman–Crippen LogP) is 2.51. The number of allylic oxidation sites excluding steroid dienone is 1. The van der Waals surface area contributed by atoms with Gasteiger partial charge in [-0.3, -0.25) is 4.79 Å². The van der Waals surface area contributed by atoms with Gasteiger partial charge in [-0.25, -0.2) is 4.98 Å². The van der Waals surface area contributed by atoms with E-state index in [1.54, 1.807) is 19.1 Å². The van der Waals surface area contributed by atoms with E-state index < -0.39 is 17.8 Å². The molecule has 0 bridgehead atoms. The fourth-order valence-corrected chi connectivity index (χ4v) is 1.72. The molecule has 8 heteroatoms. The number of ether oxygens (including phenoxy) is 1. The van der Waals surface area contributed by atoms with Crippen molar-refractivity contribution in [1.29, 1.82) is 0 Å². The van der Waals surface area contributed by atoms with Gasteiger partial charge in [-0.1, -0.05) is 19.1 Å². The fourth-order valence-electron chi connectivity index (χ4n) is 1.72. The molecule has 0 fully saturated rings. The molecule has 1 aromatic rings. The lowest BCUT2D eigenvalue weighted by Gasteiger charge is -2.16. The van der Waals surface area contributed by atoms with Gasteiger partial charge in [-0.15, -0.1) is 0 Å². The number of hydrogen-bond donors (Lipinski definition) is 2. The summed E-state index contributed by atoms with van der Waals surface area (Å²) in [5.74, 6) is -0.578. The minimum atomic E-state index is -4.62. The zero-order valence-electron chi connectivity index (χ0n) is 12.3. The summed E-state index contributed by atoms with van der Waals surface area (Å²) in [6, 6.07) is 0.904. The molecule has 5 nitrogen and oxygen atoms in total. The van der Waals surface area contributed by atoms with Crippen LogP contribution < -0.4 is 15.8 Å². The van der Waals surface area contributed by atoms with Gasteiger partial charge in [0.2, 0.25) is 5.91 Å². The van der Waals surface area contributed by atoms with Gasteiger partial charge in [-0.2, -0.15) is 13.2 Å². The van der Waals surface area contributed by atoms with Crippen molar-refractivity contribution in [1.82, 2.24) is 4.98 Å². The minimum absolute atomic E-state index is 0.108. The lowest BCUT2D eigenvalue weighted by atomic mass is 10.1. The van der Waals surface area contributed by atoms with Crippen molar-refractivity contribution in [2.24, 2.45) is 5.73 Å². The highest BCUT2D eigenvalue weighted by Crippen LogP contribution is 2.35. The summed E-state index contributed by atoms with van der Waals surface area (Å²) >= 11 is 0. The van der Waals surface area contributed by atoms with E-state index >= 15 is 0 Å². The van der Waals surface area contributed by atoms with E-state index in [-0.39, 0.29) is 36.5 Å². The van der Waals surface area contributed by atoms with Gasteiger partial charge >= 0.3 is 6.18 Å². The SMILES string of the molecule is CCC(=O)Nc1nc(C(F)(F)F)cc(C/C=C/CN)c1OC. The Morgan fingerprint density at radius 2 is 2.14 bits per heavy atom. The van der Waals surface area contributed by atoms with Crippen molar-refractivity contribution in [2.75, 3.05) is 19.0 Å². The number of amides is 1. The summed E-state index contributed by atoms with van der Waals surface area (Å²) in [4.78, 5) is 14.9. The topological polar surface area (TPSA) is 77.2 Å². The number of methoxy groups -OCH3 is 1. The summed E-state index contributed by atoms with van der Waals surface area (Å²) in [5, 5.41) is 2.33. The first-order chi connectivity index (χ1) is 10.3. The second-order valence-electron chi connectivity index (χ2n) is 4.36. The summed E-state index contributed by atoms with van der Waals surface area (Å²) in [5.41, 5.74) is 4.49. The molecule has 0 saturated heterocycles. The first-order valence-electron chi connectivity index (χ1n) is 6.63. The number of carbonyl (C=O) groups excluding carboxylic acids is 1. The minimum Gasteiger partial charge on any atom is -0.493 e. The third-order valence-corrected chi connectivity index (χ3v) is 2.76. The molecule has 0 atom stereocenters. The van der Waals surface area contributed by atoms with Crippen molar-refractivity contribution in [2.45, 2.75) is 25.9 Å². The van der Waals surface area contributed by atoms with Crippen molar-refractivity contribution in [3.63, 3.8) is 0 Å². The third kappa shape index (κ3) is 4.73. The third-order valence-electron chi connectivity index (χ3n) is 2.76. The zero-order valence-corrected chi connectivity index (χ0v) is 12.3. The predicted molar refractivity (Wildman–Crippen MR) is 76.6 cm³/mol. The van der Waals surface area contributed by atoms with E-state index in [9.17, 15) is 18.0 Å². The van der Waals surface area contributed by atoms with Gasteiger partial charge in [0.15, 0.2) is 11.6 Å². The van der Waals surface area contributed by atoms with Crippen LogP contribution in [0.25, 0.3) is 0 Å². The van der Waals surface area contributed by atoms with Gasteiger partial charge in [0.05, 0.1) is 7.11 Å². The Balaban J connectivity index is 3.35. The van der Waals surface area contributed by atoms with Crippen LogP contribution in [0.4, 0.5) is 19.0 Å². The maximum absolute atomic E-state index is 12.9. The molecule has 22 heavy (non-hydrogen) atoms. The lowest BCUT2D eigenvalue weighted by molar-refractivity contribution is -0.141. The van der Waals surface area contributed by atoms with Gasteiger partial charge in [0.25, 0.3) is 0 Å². The normalized spacial score (nSPS) is 11.7. The Bertz CT molecular complexity index is 557. The van der Waals surface area contributed by atoms with Crippen molar-refractivity contribution in [3.05, 3.63) is 29.5 Å². The summed E-state index contributed by atoms with van der Waals surface area (Å²) in [6.07, 6.45) is -1.07. The Morgan fingerprint density at radius 1 is 1.45 bits per heavy atom. The van der Waals surface area contributed by atoms with Gasteiger partial charge in [0.1, 0.15) is 5.69 Å². The fraction of sp³-hybridized carbons (Fsp3) is 0.429. The smallest absolute Gasteiger partial charge is 0.433 e. The molecule has 1 amide bonds. The number of aromatic nitrogens is 1. The van der Waals surface area contributed by atoms with E-state index in [0.29, 0.717) is 0 Å². The molecule has 0 saturated carbocycles. The van der Waals surface area contributed by atoms with Crippen LogP contribution in [0, 0.1) is 0 Å². The quantitative estimate of drug-likeness (QED) is 0.790. The number of hydrogen-bond acceptors (Lipinski definition) is 4. The molecular formula is C14H18F3N3O2. The van der Waals surface area contributed by atoms with Crippen LogP contribution in [0.15, 0.2) is 18.2 Å². The molecule has 1 aromatic heterocycles. The molecule has 1 rings (SSSR count). The Morgan fingerprint density at radius 3 is 2.64 bits per heavy atom. The van der Waals surface area contributed by atoms with E-state index in [1.165, 1.54) is 7.11 Å². The van der Waals surface area contributed by atoms with E-state index in [1.807, 2.05) is 0 Å². The van der Waals surface area contributed by atoms with Gasteiger partial charge in [-0.05, 0) is 12.5 Å². The van der Waals surface area contributed by atoms with E-state index in [4.69, 9.17) is 10.5 Å². The summed E-state index contributed by atoms with van der Waals surface area (Å²) in [6.45, 7) is 1.86. The Hall–Kier alpha value is -2.09. The molecule has 0 unspecified atom stereocenters. The maximum atomic E-state index is 12.9.